The molecule has 1 aliphatic rings. The van der Waals surface area contributed by atoms with Gasteiger partial charge in [0.2, 0.25) is 0 Å². The zero-order chi connectivity index (χ0) is 15.0. The summed E-state index contributed by atoms with van der Waals surface area (Å²) in [5.41, 5.74) is 3.53. The molecule has 1 aliphatic carbocycles. The van der Waals surface area contributed by atoms with Crippen molar-refractivity contribution in [3.63, 3.8) is 0 Å². The molecule has 1 saturated carbocycles. The molecule has 2 heterocycles. The van der Waals surface area contributed by atoms with E-state index in [-0.39, 0.29) is 0 Å². The Morgan fingerprint density at radius 1 is 1.33 bits per heavy atom. The van der Waals surface area contributed by atoms with Crippen LogP contribution in [0.2, 0.25) is 0 Å². The van der Waals surface area contributed by atoms with Crippen LogP contribution >= 0.6 is 0 Å². The molecule has 0 unspecified atom stereocenters. The Kier molecular flexibility index (Phi) is 3.85. The Labute approximate surface area is 126 Å². The van der Waals surface area contributed by atoms with Gasteiger partial charge in [-0.2, -0.15) is 10.2 Å². The lowest BCUT2D eigenvalue weighted by molar-refractivity contribution is 0.550. The first kappa shape index (κ1) is 14.3. The van der Waals surface area contributed by atoms with E-state index in [2.05, 4.69) is 43.4 Å². The fourth-order valence-electron chi connectivity index (χ4n) is 2.72. The third-order valence-corrected chi connectivity index (χ3v) is 3.99. The Bertz CT molecular complexity index is 619. The first-order chi connectivity index (χ1) is 10.1. The minimum Gasteiger partial charge on any atom is -0.312 e. The first-order valence-electron chi connectivity index (χ1n) is 7.85. The van der Waals surface area contributed by atoms with Crippen LogP contribution in [-0.4, -0.2) is 26.1 Å². The van der Waals surface area contributed by atoms with Crippen LogP contribution in [-0.2, 0) is 13.6 Å². The van der Waals surface area contributed by atoms with Crippen LogP contribution in [0.3, 0.4) is 0 Å². The molecule has 3 rings (SSSR count). The van der Waals surface area contributed by atoms with Crippen molar-refractivity contribution in [1.29, 1.82) is 0 Å². The first-order valence-corrected chi connectivity index (χ1v) is 7.85. The molecule has 114 valence electrons. The normalized spacial score (nSPS) is 15.1. The second-order valence-corrected chi connectivity index (χ2v) is 6.50. The fraction of sp³-hybridized carbons (Fsp3) is 0.625. The maximum absolute atomic E-state index is 4.75. The summed E-state index contributed by atoms with van der Waals surface area (Å²) in [6, 6.07) is 2.14. The molecule has 5 heteroatoms. The Balaban J connectivity index is 1.85. The van der Waals surface area contributed by atoms with E-state index in [0.29, 0.717) is 11.8 Å². The van der Waals surface area contributed by atoms with Gasteiger partial charge in [-0.05, 0) is 38.3 Å². The van der Waals surface area contributed by atoms with Crippen molar-refractivity contribution < 1.29 is 0 Å². The minimum absolute atomic E-state index is 0.650. The smallest absolute Gasteiger partial charge is 0.156 e. The lowest BCUT2D eigenvalue weighted by Gasteiger charge is -2.10. The maximum Gasteiger partial charge on any atom is 0.156 e. The van der Waals surface area contributed by atoms with E-state index < -0.39 is 0 Å². The van der Waals surface area contributed by atoms with E-state index in [1.165, 1.54) is 24.1 Å². The van der Waals surface area contributed by atoms with Gasteiger partial charge in [0.15, 0.2) is 5.82 Å². The van der Waals surface area contributed by atoms with Gasteiger partial charge >= 0.3 is 0 Å². The summed E-state index contributed by atoms with van der Waals surface area (Å²) in [4.78, 5) is 0. The van der Waals surface area contributed by atoms with Gasteiger partial charge in [-0.3, -0.25) is 4.68 Å². The van der Waals surface area contributed by atoms with Crippen molar-refractivity contribution in [2.45, 2.75) is 46.1 Å². The number of nitrogens with zero attached hydrogens (tertiary/aromatic N) is 4. The van der Waals surface area contributed by atoms with Crippen LogP contribution in [0.1, 0.15) is 49.6 Å². The third-order valence-electron chi connectivity index (χ3n) is 3.99. The lowest BCUT2D eigenvalue weighted by atomic mass is 10.2. The molecule has 0 amide bonds. The zero-order valence-corrected chi connectivity index (χ0v) is 13.4. The quantitative estimate of drug-likeness (QED) is 0.888. The van der Waals surface area contributed by atoms with Crippen molar-refractivity contribution in [3.8, 4) is 5.82 Å². The summed E-state index contributed by atoms with van der Waals surface area (Å²) < 4.78 is 3.92. The van der Waals surface area contributed by atoms with Gasteiger partial charge in [-0.15, -0.1) is 0 Å². The van der Waals surface area contributed by atoms with Crippen LogP contribution in [0.15, 0.2) is 12.3 Å². The van der Waals surface area contributed by atoms with E-state index in [9.17, 15) is 0 Å². The number of hydrogen-bond acceptors (Lipinski definition) is 3. The highest BCUT2D eigenvalue weighted by molar-refractivity contribution is 5.38. The predicted molar refractivity (Wildman–Crippen MR) is 83.6 cm³/mol. The van der Waals surface area contributed by atoms with E-state index in [1.807, 2.05) is 16.4 Å². The van der Waals surface area contributed by atoms with E-state index in [0.717, 1.165) is 24.6 Å². The molecular formula is C16H25N5. The molecule has 1 fully saturated rings. The molecule has 0 aromatic carbocycles. The van der Waals surface area contributed by atoms with Gasteiger partial charge in [-0.1, -0.05) is 13.8 Å². The summed E-state index contributed by atoms with van der Waals surface area (Å²) in [5.74, 6) is 2.41. The van der Waals surface area contributed by atoms with Crippen LogP contribution in [0.4, 0.5) is 0 Å². The molecule has 1 N–H and O–H groups in total. The monoisotopic (exact) mass is 287 g/mol. The zero-order valence-electron chi connectivity index (χ0n) is 13.4. The molecule has 21 heavy (non-hydrogen) atoms. The summed E-state index contributed by atoms with van der Waals surface area (Å²) in [5, 5.41) is 12.8. The lowest BCUT2D eigenvalue weighted by Crippen LogP contribution is -2.20. The highest BCUT2D eigenvalue weighted by Gasteiger charge is 2.26. The highest BCUT2D eigenvalue weighted by Crippen LogP contribution is 2.39. The Morgan fingerprint density at radius 3 is 2.76 bits per heavy atom. The summed E-state index contributed by atoms with van der Waals surface area (Å²) in [6.07, 6.45) is 4.63. The molecular weight excluding hydrogens is 262 g/mol. The molecule has 0 aliphatic heterocycles. The van der Waals surface area contributed by atoms with E-state index in [4.69, 9.17) is 5.10 Å². The molecule has 2 aromatic rings. The van der Waals surface area contributed by atoms with E-state index in [1.54, 1.807) is 0 Å². The molecule has 0 saturated heterocycles. The molecule has 0 spiro atoms. The van der Waals surface area contributed by atoms with Crippen molar-refractivity contribution >= 4 is 0 Å². The van der Waals surface area contributed by atoms with Gasteiger partial charge < -0.3 is 5.32 Å². The molecule has 5 nitrogen and oxygen atoms in total. The average molecular weight is 287 g/mol. The van der Waals surface area contributed by atoms with Crippen LogP contribution in [0, 0.1) is 12.8 Å². The van der Waals surface area contributed by atoms with Crippen molar-refractivity contribution in [3.05, 3.63) is 29.2 Å². The largest absolute Gasteiger partial charge is 0.312 e. The SMILES string of the molecule is Cc1nn(C)c(-n2ccc(C3CC3)n2)c1CNCC(C)C. The number of aromatic nitrogens is 4. The van der Waals surface area contributed by atoms with Gasteiger partial charge in [0, 0.05) is 31.3 Å². The van der Waals surface area contributed by atoms with Gasteiger partial charge in [0.25, 0.3) is 0 Å². The van der Waals surface area contributed by atoms with Crippen LogP contribution < -0.4 is 5.32 Å². The van der Waals surface area contributed by atoms with Gasteiger partial charge in [0.05, 0.1) is 11.4 Å². The van der Waals surface area contributed by atoms with Crippen LogP contribution in [0.25, 0.3) is 5.82 Å². The standard InChI is InChI=1S/C16H25N5/c1-11(2)9-17-10-14-12(3)18-20(4)16(14)21-8-7-15(19-21)13-5-6-13/h7-8,11,13,17H,5-6,9-10H2,1-4H3. The van der Waals surface area contributed by atoms with Gasteiger partial charge in [-0.25, -0.2) is 4.68 Å². The second-order valence-electron chi connectivity index (χ2n) is 6.50. The van der Waals surface area contributed by atoms with Crippen molar-refractivity contribution in [1.82, 2.24) is 24.9 Å². The predicted octanol–water partition coefficient (Wildman–Crippen LogP) is 2.54. The minimum atomic E-state index is 0.650. The Morgan fingerprint density at radius 2 is 2.10 bits per heavy atom. The molecule has 2 aromatic heterocycles. The number of aryl methyl sites for hydroxylation is 2. The summed E-state index contributed by atoms with van der Waals surface area (Å²) >= 11 is 0. The molecule has 0 atom stereocenters. The van der Waals surface area contributed by atoms with Crippen LogP contribution in [0.5, 0.6) is 0 Å². The second kappa shape index (κ2) is 5.64. The number of rotatable bonds is 6. The maximum atomic E-state index is 4.75. The highest BCUT2D eigenvalue weighted by atomic mass is 15.4. The average Bonchev–Trinajstić information content (AvgIpc) is 3.09. The number of hydrogen-bond donors (Lipinski definition) is 1. The topological polar surface area (TPSA) is 47.7 Å². The number of nitrogens with one attached hydrogen (secondary N) is 1. The summed E-state index contributed by atoms with van der Waals surface area (Å²) in [7, 11) is 1.99. The Hall–Kier alpha value is -1.62. The molecule has 0 radical (unpaired) electrons. The van der Waals surface area contributed by atoms with Gasteiger partial charge in [0.1, 0.15) is 0 Å². The molecule has 0 bridgehead atoms. The third kappa shape index (κ3) is 3.02. The van der Waals surface area contributed by atoms with Crippen molar-refractivity contribution in [2.75, 3.05) is 6.54 Å². The summed E-state index contributed by atoms with van der Waals surface area (Å²) in [6.45, 7) is 8.37. The fourth-order valence-corrected chi connectivity index (χ4v) is 2.72. The van der Waals surface area contributed by atoms with E-state index >= 15 is 0 Å². The van der Waals surface area contributed by atoms with Crippen molar-refractivity contribution in [2.24, 2.45) is 13.0 Å².